The zero-order chi connectivity index (χ0) is 22.2. The molecule has 2 amide bonds. The lowest BCUT2D eigenvalue weighted by atomic mass is 9.80. The summed E-state index contributed by atoms with van der Waals surface area (Å²) in [7, 11) is 0. The van der Waals surface area contributed by atoms with Gasteiger partial charge in [-0.25, -0.2) is 0 Å². The summed E-state index contributed by atoms with van der Waals surface area (Å²) in [5, 5.41) is 2.03. The molecular formula is C27H28N2O2S. The van der Waals surface area contributed by atoms with Gasteiger partial charge in [-0.05, 0) is 46.5 Å². The van der Waals surface area contributed by atoms with Gasteiger partial charge in [0.1, 0.15) is 0 Å². The van der Waals surface area contributed by atoms with Crippen molar-refractivity contribution in [1.82, 2.24) is 9.80 Å². The second-order valence-electron chi connectivity index (χ2n) is 9.16. The number of hydrogen-bond acceptors (Lipinski definition) is 3. The lowest BCUT2D eigenvalue weighted by Gasteiger charge is -2.44. The normalized spacial score (nSPS) is 20.3. The highest BCUT2D eigenvalue weighted by Crippen LogP contribution is 2.45. The lowest BCUT2D eigenvalue weighted by Crippen LogP contribution is -2.49. The maximum Gasteiger partial charge on any atom is 0.254 e. The maximum atomic E-state index is 14.2. The van der Waals surface area contributed by atoms with E-state index in [-0.39, 0.29) is 17.9 Å². The van der Waals surface area contributed by atoms with Gasteiger partial charge in [0, 0.05) is 30.1 Å². The second kappa shape index (κ2) is 8.55. The van der Waals surface area contributed by atoms with Crippen LogP contribution < -0.4 is 0 Å². The molecule has 3 aromatic rings. The van der Waals surface area contributed by atoms with Gasteiger partial charge >= 0.3 is 0 Å². The van der Waals surface area contributed by atoms with Crippen LogP contribution in [0.5, 0.6) is 0 Å². The van der Waals surface area contributed by atoms with Crippen LogP contribution in [0.15, 0.2) is 66.0 Å². The fraction of sp³-hybridized carbons (Fsp3) is 0.333. The van der Waals surface area contributed by atoms with Crippen LogP contribution in [0.3, 0.4) is 0 Å². The number of carbonyl (C=O) groups is 2. The minimum absolute atomic E-state index is 0.0285. The summed E-state index contributed by atoms with van der Waals surface area (Å²) in [6, 6.07) is 19.9. The molecule has 5 rings (SSSR count). The molecule has 0 saturated carbocycles. The van der Waals surface area contributed by atoms with E-state index in [1.165, 1.54) is 11.1 Å². The van der Waals surface area contributed by atoms with Gasteiger partial charge in [0.25, 0.3) is 5.91 Å². The first-order chi connectivity index (χ1) is 15.5. The molecule has 2 atom stereocenters. The van der Waals surface area contributed by atoms with E-state index in [0.29, 0.717) is 31.1 Å². The van der Waals surface area contributed by atoms with E-state index in [4.69, 9.17) is 0 Å². The first-order valence-corrected chi connectivity index (χ1v) is 12.2. The molecule has 4 nitrogen and oxygen atoms in total. The highest BCUT2D eigenvalue weighted by Gasteiger charge is 2.46. The van der Waals surface area contributed by atoms with Crippen LogP contribution in [0.2, 0.25) is 0 Å². The quantitative estimate of drug-likeness (QED) is 0.550. The van der Waals surface area contributed by atoms with Crippen molar-refractivity contribution in [3.8, 4) is 0 Å². The summed E-state index contributed by atoms with van der Waals surface area (Å²) in [4.78, 5) is 32.7. The number of fused-ring (bicyclic) bond motifs is 2. The second-order valence-corrected chi connectivity index (χ2v) is 10.1. The SMILES string of the molecule is CC(C)CN1C(=O)c2ccccc2[C@@H](C(=O)N2CCc3ccccc3C2)[C@H]1c1cccs1. The molecular weight excluding hydrogens is 416 g/mol. The number of hydrogen-bond donors (Lipinski definition) is 0. The number of nitrogens with zero attached hydrogens (tertiary/aromatic N) is 2. The number of benzene rings is 2. The van der Waals surface area contributed by atoms with Crippen molar-refractivity contribution < 1.29 is 9.59 Å². The van der Waals surface area contributed by atoms with Crippen LogP contribution in [-0.4, -0.2) is 34.7 Å². The molecule has 3 heterocycles. The monoisotopic (exact) mass is 444 g/mol. The van der Waals surface area contributed by atoms with Crippen LogP contribution in [0.25, 0.3) is 0 Å². The molecule has 0 aliphatic carbocycles. The Bertz CT molecular complexity index is 1140. The zero-order valence-electron chi connectivity index (χ0n) is 18.5. The fourth-order valence-corrected chi connectivity index (χ4v) is 5.98. The average molecular weight is 445 g/mol. The van der Waals surface area contributed by atoms with E-state index >= 15 is 0 Å². The largest absolute Gasteiger partial charge is 0.337 e. The minimum Gasteiger partial charge on any atom is -0.337 e. The van der Waals surface area contributed by atoms with Gasteiger partial charge in [0.15, 0.2) is 0 Å². The van der Waals surface area contributed by atoms with Crippen molar-refractivity contribution in [3.05, 3.63) is 93.2 Å². The molecule has 2 aliphatic heterocycles. The first kappa shape index (κ1) is 21.0. The third-order valence-electron chi connectivity index (χ3n) is 6.54. The molecule has 0 radical (unpaired) electrons. The van der Waals surface area contributed by atoms with E-state index in [9.17, 15) is 9.59 Å². The summed E-state index contributed by atoms with van der Waals surface area (Å²) >= 11 is 1.63. The summed E-state index contributed by atoms with van der Waals surface area (Å²) in [5.74, 6) is 0.0585. The van der Waals surface area contributed by atoms with Gasteiger partial charge in [0.2, 0.25) is 5.91 Å². The van der Waals surface area contributed by atoms with E-state index in [0.717, 1.165) is 16.9 Å². The van der Waals surface area contributed by atoms with Crippen LogP contribution in [0.4, 0.5) is 0 Å². The van der Waals surface area contributed by atoms with Crippen LogP contribution >= 0.6 is 11.3 Å². The van der Waals surface area contributed by atoms with Crippen LogP contribution in [-0.2, 0) is 17.8 Å². The molecule has 0 fully saturated rings. The van der Waals surface area contributed by atoms with Crippen molar-refractivity contribution in [2.45, 2.75) is 38.8 Å². The van der Waals surface area contributed by atoms with Crippen LogP contribution in [0.1, 0.15) is 57.7 Å². The molecule has 1 aromatic heterocycles. The summed E-state index contributed by atoms with van der Waals surface area (Å²) in [5.41, 5.74) is 4.07. The van der Waals surface area contributed by atoms with E-state index in [1.54, 1.807) is 11.3 Å². The Labute approximate surface area is 193 Å². The van der Waals surface area contributed by atoms with Gasteiger partial charge in [-0.2, -0.15) is 0 Å². The van der Waals surface area contributed by atoms with Gasteiger partial charge in [-0.1, -0.05) is 62.4 Å². The minimum atomic E-state index is -0.397. The Hall–Kier alpha value is -2.92. The molecule has 0 spiro atoms. The molecule has 0 bridgehead atoms. The molecule has 164 valence electrons. The molecule has 0 saturated heterocycles. The van der Waals surface area contributed by atoms with Crippen molar-refractivity contribution in [2.75, 3.05) is 13.1 Å². The van der Waals surface area contributed by atoms with Crippen molar-refractivity contribution >= 4 is 23.2 Å². The van der Waals surface area contributed by atoms with Crippen molar-refractivity contribution in [2.24, 2.45) is 5.92 Å². The Morgan fingerprint density at radius 3 is 2.53 bits per heavy atom. The topological polar surface area (TPSA) is 40.6 Å². The Kier molecular flexibility index (Phi) is 5.60. The number of amides is 2. The average Bonchev–Trinajstić information content (AvgIpc) is 3.34. The summed E-state index contributed by atoms with van der Waals surface area (Å²) < 4.78 is 0. The van der Waals surface area contributed by atoms with Gasteiger partial charge in [-0.15, -0.1) is 11.3 Å². The van der Waals surface area contributed by atoms with E-state index in [1.807, 2.05) is 51.6 Å². The highest BCUT2D eigenvalue weighted by atomic mass is 32.1. The third-order valence-corrected chi connectivity index (χ3v) is 7.49. The Morgan fingerprint density at radius 1 is 1.03 bits per heavy atom. The van der Waals surface area contributed by atoms with Crippen molar-refractivity contribution in [3.63, 3.8) is 0 Å². The predicted molar refractivity (Wildman–Crippen MR) is 128 cm³/mol. The first-order valence-electron chi connectivity index (χ1n) is 11.3. The van der Waals surface area contributed by atoms with Crippen molar-refractivity contribution in [1.29, 1.82) is 0 Å². The smallest absolute Gasteiger partial charge is 0.254 e. The van der Waals surface area contributed by atoms with Crippen LogP contribution in [0, 0.1) is 5.92 Å². The zero-order valence-corrected chi connectivity index (χ0v) is 19.3. The standard InChI is InChI=1S/C27H28N2O2S/c1-18(2)16-29-25(23-12-7-15-32-23)24(21-10-5-6-11-22(21)26(29)30)27(31)28-14-13-19-8-3-4-9-20(19)17-28/h3-12,15,18,24-25H,13-14,16-17H2,1-2H3/t24-,25-/m1/s1. The van der Waals surface area contributed by atoms with Gasteiger partial charge in [0.05, 0.1) is 12.0 Å². The Morgan fingerprint density at radius 2 is 1.78 bits per heavy atom. The molecule has 32 heavy (non-hydrogen) atoms. The molecule has 5 heteroatoms. The number of rotatable bonds is 4. The molecule has 0 unspecified atom stereocenters. The fourth-order valence-electron chi connectivity index (χ4n) is 5.11. The van der Waals surface area contributed by atoms with Gasteiger partial charge in [-0.3, -0.25) is 9.59 Å². The number of thiophene rings is 1. The maximum absolute atomic E-state index is 14.2. The highest BCUT2D eigenvalue weighted by molar-refractivity contribution is 7.10. The summed E-state index contributed by atoms with van der Waals surface area (Å²) in [6.45, 7) is 6.21. The van der Waals surface area contributed by atoms with E-state index in [2.05, 4.69) is 38.1 Å². The molecule has 2 aliphatic rings. The number of carbonyl (C=O) groups excluding carboxylic acids is 2. The molecule has 0 N–H and O–H groups in total. The van der Waals surface area contributed by atoms with Gasteiger partial charge < -0.3 is 9.80 Å². The lowest BCUT2D eigenvalue weighted by molar-refractivity contribution is -0.135. The summed E-state index contributed by atoms with van der Waals surface area (Å²) in [6.07, 6.45) is 0.870. The Balaban J connectivity index is 1.59. The predicted octanol–water partition coefficient (Wildman–Crippen LogP) is 5.27. The van der Waals surface area contributed by atoms with E-state index < -0.39 is 5.92 Å². The third kappa shape index (κ3) is 3.65. The molecule has 2 aromatic carbocycles.